The third-order valence-electron chi connectivity index (χ3n) is 2.33. The van der Waals surface area contributed by atoms with Gasteiger partial charge >= 0.3 is 5.97 Å². The third kappa shape index (κ3) is 2.74. The number of nitrogens with zero attached hydrogens (tertiary/aromatic N) is 1. The zero-order chi connectivity index (χ0) is 14.0. The summed E-state index contributed by atoms with van der Waals surface area (Å²) in [6.07, 6.45) is 0. The Bertz CT molecular complexity index is 626. The predicted octanol–water partition coefficient (Wildman–Crippen LogP) is 2.98. The molecule has 0 aliphatic heterocycles. The molecule has 1 aromatic heterocycles. The summed E-state index contributed by atoms with van der Waals surface area (Å²) in [6.45, 7) is -0.00997. The monoisotopic (exact) mass is 285 g/mol. The Hall–Kier alpha value is -1.92. The minimum Gasteiger partial charge on any atom is -0.475 e. The molecule has 0 unspecified atom stereocenters. The molecule has 0 radical (unpaired) electrons. The molecule has 0 fully saturated rings. The second-order valence-corrected chi connectivity index (χ2v) is 4.06. The van der Waals surface area contributed by atoms with Gasteiger partial charge in [0, 0.05) is 7.11 Å². The molecular weight excluding hydrogens is 277 g/mol. The second-order valence-electron chi connectivity index (χ2n) is 3.66. The Morgan fingerprint density at radius 3 is 2.89 bits per heavy atom. The standard InChI is InChI=1S/C12H9ClFNO4/c1-18-5-9-10(12(16)17)19-11(15-9)7-3-2-6(14)4-8(7)13/h2-4H,5H2,1H3,(H,16,17). The van der Waals surface area contributed by atoms with E-state index in [9.17, 15) is 9.18 Å². The van der Waals surface area contributed by atoms with E-state index in [1.165, 1.54) is 19.2 Å². The van der Waals surface area contributed by atoms with Crippen LogP contribution in [-0.2, 0) is 11.3 Å². The van der Waals surface area contributed by atoms with Gasteiger partial charge in [0.25, 0.3) is 0 Å². The molecule has 0 saturated carbocycles. The van der Waals surface area contributed by atoms with Crippen LogP contribution in [0.15, 0.2) is 22.6 Å². The smallest absolute Gasteiger partial charge is 0.373 e. The predicted molar refractivity (Wildman–Crippen MR) is 64.6 cm³/mol. The van der Waals surface area contributed by atoms with Gasteiger partial charge in [-0.2, -0.15) is 0 Å². The van der Waals surface area contributed by atoms with Crippen LogP contribution in [0.2, 0.25) is 5.02 Å². The van der Waals surface area contributed by atoms with Crippen molar-refractivity contribution in [2.75, 3.05) is 7.11 Å². The van der Waals surface area contributed by atoms with Gasteiger partial charge in [-0.25, -0.2) is 14.2 Å². The van der Waals surface area contributed by atoms with Gasteiger partial charge in [0.05, 0.1) is 17.2 Å². The minimum absolute atomic E-state index is 0.00875. The van der Waals surface area contributed by atoms with E-state index in [0.29, 0.717) is 5.56 Å². The van der Waals surface area contributed by atoms with Gasteiger partial charge in [-0.15, -0.1) is 0 Å². The number of carboxylic acids is 1. The van der Waals surface area contributed by atoms with Crippen LogP contribution in [0.5, 0.6) is 0 Å². The summed E-state index contributed by atoms with van der Waals surface area (Å²) < 4.78 is 22.9. The van der Waals surface area contributed by atoms with Crippen LogP contribution in [-0.4, -0.2) is 23.2 Å². The molecule has 1 heterocycles. The highest BCUT2D eigenvalue weighted by Gasteiger charge is 2.21. The summed E-state index contributed by atoms with van der Waals surface area (Å²) in [5.41, 5.74) is 0.457. The fraction of sp³-hybridized carbons (Fsp3) is 0.167. The lowest BCUT2D eigenvalue weighted by Crippen LogP contribution is -2.00. The molecule has 0 atom stereocenters. The SMILES string of the molecule is COCc1nc(-c2ccc(F)cc2Cl)oc1C(=O)O. The molecule has 0 saturated heterocycles. The maximum Gasteiger partial charge on any atom is 0.373 e. The molecule has 2 rings (SSSR count). The molecule has 5 nitrogen and oxygen atoms in total. The minimum atomic E-state index is -1.26. The first-order valence-electron chi connectivity index (χ1n) is 5.20. The first-order chi connectivity index (χ1) is 9.02. The Morgan fingerprint density at radius 2 is 2.32 bits per heavy atom. The van der Waals surface area contributed by atoms with Crippen LogP contribution in [0.1, 0.15) is 16.2 Å². The molecule has 0 aliphatic carbocycles. The lowest BCUT2D eigenvalue weighted by molar-refractivity contribution is 0.0656. The number of carbonyl (C=O) groups is 1. The van der Waals surface area contributed by atoms with Crippen molar-refractivity contribution in [3.8, 4) is 11.5 Å². The zero-order valence-corrected chi connectivity index (χ0v) is 10.6. The highest BCUT2D eigenvalue weighted by molar-refractivity contribution is 6.33. The Balaban J connectivity index is 2.50. The van der Waals surface area contributed by atoms with Crippen LogP contribution in [0.25, 0.3) is 11.5 Å². The largest absolute Gasteiger partial charge is 0.475 e. The number of ether oxygens (including phenoxy) is 1. The Kier molecular flexibility index (Phi) is 3.82. The van der Waals surface area contributed by atoms with Gasteiger partial charge in [0.15, 0.2) is 0 Å². The molecule has 2 aromatic rings. The molecule has 100 valence electrons. The van der Waals surface area contributed by atoms with E-state index in [2.05, 4.69) is 4.98 Å². The molecule has 0 bridgehead atoms. The van der Waals surface area contributed by atoms with Crippen LogP contribution in [0, 0.1) is 5.82 Å². The maximum absolute atomic E-state index is 12.9. The van der Waals surface area contributed by atoms with Crippen LogP contribution < -0.4 is 0 Å². The molecular formula is C12H9ClFNO4. The Labute approximate surface area is 112 Å². The maximum atomic E-state index is 12.9. The number of aromatic carboxylic acids is 1. The third-order valence-corrected chi connectivity index (χ3v) is 2.65. The number of oxazole rings is 1. The van der Waals surface area contributed by atoms with Crippen molar-refractivity contribution in [2.45, 2.75) is 6.61 Å². The number of aromatic nitrogens is 1. The highest BCUT2D eigenvalue weighted by Crippen LogP contribution is 2.29. The van der Waals surface area contributed by atoms with E-state index in [-0.39, 0.29) is 29.0 Å². The summed E-state index contributed by atoms with van der Waals surface area (Å²) in [7, 11) is 1.41. The molecule has 19 heavy (non-hydrogen) atoms. The molecule has 0 spiro atoms. The van der Waals surface area contributed by atoms with Crippen molar-refractivity contribution in [3.05, 3.63) is 40.5 Å². The van der Waals surface area contributed by atoms with E-state index in [0.717, 1.165) is 6.07 Å². The number of hydrogen-bond acceptors (Lipinski definition) is 4. The molecule has 1 N–H and O–H groups in total. The van der Waals surface area contributed by atoms with E-state index >= 15 is 0 Å². The van der Waals surface area contributed by atoms with Crippen LogP contribution in [0.4, 0.5) is 4.39 Å². The van der Waals surface area contributed by atoms with Crippen molar-refractivity contribution < 1.29 is 23.4 Å². The van der Waals surface area contributed by atoms with E-state index in [1.807, 2.05) is 0 Å². The number of hydrogen-bond donors (Lipinski definition) is 1. The van der Waals surface area contributed by atoms with E-state index in [4.69, 9.17) is 25.9 Å². The van der Waals surface area contributed by atoms with Crippen molar-refractivity contribution in [2.24, 2.45) is 0 Å². The lowest BCUT2D eigenvalue weighted by Gasteiger charge is -1.98. The zero-order valence-electron chi connectivity index (χ0n) is 9.81. The van der Waals surface area contributed by atoms with Gasteiger partial charge in [0.1, 0.15) is 11.5 Å². The normalized spacial score (nSPS) is 10.7. The van der Waals surface area contributed by atoms with Crippen LogP contribution >= 0.6 is 11.6 Å². The summed E-state index contributed by atoms with van der Waals surface area (Å²) in [4.78, 5) is 15.0. The van der Waals surface area contributed by atoms with E-state index < -0.39 is 11.8 Å². The average molecular weight is 286 g/mol. The molecule has 0 amide bonds. The molecule has 0 aliphatic rings. The fourth-order valence-corrected chi connectivity index (χ4v) is 1.78. The topological polar surface area (TPSA) is 72.6 Å². The Morgan fingerprint density at radius 1 is 1.58 bits per heavy atom. The number of carboxylic acid groups (broad SMARTS) is 1. The second kappa shape index (κ2) is 5.38. The number of benzene rings is 1. The fourth-order valence-electron chi connectivity index (χ4n) is 1.53. The van der Waals surface area contributed by atoms with Gasteiger partial charge < -0.3 is 14.3 Å². The van der Waals surface area contributed by atoms with Gasteiger partial charge in [0.2, 0.25) is 11.7 Å². The molecule has 1 aromatic carbocycles. The van der Waals surface area contributed by atoms with Crippen molar-refractivity contribution in [3.63, 3.8) is 0 Å². The van der Waals surface area contributed by atoms with Crippen LogP contribution in [0.3, 0.4) is 0 Å². The number of methoxy groups -OCH3 is 1. The summed E-state index contributed by atoms with van der Waals surface area (Å²) in [5, 5.41) is 9.07. The van der Waals surface area contributed by atoms with Gasteiger partial charge in [-0.05, 0) is 18.2 Å². The summed E-state index contributed by atoms with van der Waals surface area (Å²) in [6, 6.07) is 3.64. The average Bonchev–Trinajstić information content (AvgIpc) is 2.73. The number of halogens is 2. The summed E-state index contributed by atoms with van der Waals surface area (Å²) >= 11 is 5.86. The number of rotatable bonds is 4. The van der Waals surface area contributed by atoms with Gasteiger partial charge in [-0.1, -0.05) is 11.6 Å². The first-order valence-corrected chi connectivity index (χ1v) is 5.58. The lowest BCUT2D eigenvalue weighted by atomic mass is 10.2. The first kappa shape index (κ1) is 13.5. The van der Waals surface area contributed by atoms with Crippen molar-refractivity contribution in [1.29, 1.82) is 0 Å². The summed E-state index contributed by atoms with van der Waals surface area (Å²) in [5.74, 6) is -2.08. The quantitative estimate of drug-likeness (QED) is 0.935. The van der Waals surface area contributed by atoms with Crippen molar-refractivity contribution in [1.82, 2.24) is 4.98 Å². The van der Waals surface area contributed by atoms with E-state index in [1.54, 1.807) is 0 Å². The molecule has 7 heteroatoms. The highest BCUT2D eigenvalue weighted by atomic mass is 35.5. The van der Waals surface area contributed by atoms with Gasteiger partial charge in [-0.3, -0.25) is 0 Å². The van der Waals surface area contributed by atoms with Crippen molar-refractivity contribution >= 4 is 17.6 Å².